The maximum atomic E-state index is 10.9. The summed E-state index contributed by atoms with van der Waals surface area (Å²) < 4.78 is 0. The summed E-state index contributed by atoms with van der Waals surface area (Å²) in [4.78, 5) is 10.9. The Morgan fingerprint density at radius 3 is 2.24 bits per heavy atom. The van der Waals surface area contributed by atoms with Crippen LogP contribution in [0.2, 0.25) is 0 Å². The van der Waals surface area contributed by atoms with Crippen molar-refractivity contribution in [2.75, 3.05) is 13.2 Å². The van der Waals surface area contributed by atoms with Crippen molar-refractivity contribution in [1.82, 2.24) is 5.32 Å². The average molecular weight is 295 g/mol. The molecule has 1 aromatic rings. The Morgan fingerprint density at radius 1 is 1.24 bits per heavy atom. The van der Waals surface area contributed by atoms with Crippen molar-refractivity contribution in [3.05, 3.63) is 35.4 Å². The van der Waals surface area contributed by atoms with Crippen LogP contribution in [0.15, 0.2) is 24.3 Å². The van der Waals surface area contributed by atoms with Gasteiger partial charge in [-0.1, -0.05) is 45.0 Å². The first kappa shape index (κ1) is 17.6. The van der Waals surface area contributed by atoms with Crippen LogP contribution in [0.5, 0.6) is 0 Å². The number of hydrogen-bond acceptors (Lipinski definition) is 4. The molecule has 1 rings (SSSR count). The van der Waals surface area contributed by atoms with Gasteiger partial charge >= 0.3 is 5.97 Å². The Balaban J connectivity index is 2.87. The van der Waals surface area contributed by atoms with Crippen LogP contribution in [0, 0.1) is 0 Å². The first-order valence-corrected chi connectivity index (χ1v) is 7.10. The van der Waals surface area contributed by atoms with Crippen molar-refractivity contribution < 1.29 is 20.1 Å². The van der Waals surface area contributed by atoms with Crippen molar-refractivity contribution in [2.24, 2.45) is 0 Å². The first-order chi connectivity index (χ1) is 9.75. The van der Waals surface area contributed by atoms with E-state index in [9.17, 15) is 9.90 Å². The van der Waals surface area contributed by atoms with Gasteiger partial charge in [0.15, 0.2) is 0 Å². The van der Waals surface area contributed by atoms with Crippen molar-refractivity contribution >= 4 is 5.97 Å². The molecule has 0 aromatic heterocycles. The molecular formula is C16H25NO4. The standard InChI is InChI=1S/C16H25NO4/c1-16(2,3)12-6-4-11(5-7-12)15(21)13(10-14(19)20)17-8-9-18/h4-7,13,15,17-18,21H,8-10H2,1-3H3,(H,19,20). The lowest BCUT2D eigenvalue weighted by atomic mass is 9.86. The lowest BCUT2D eigenvalue weighted by Gasteiger charge is -2.24. The maximum Gasteiger partial charge on any atom is 0.305 e. The summed E-state index contributed by atoms with van der Waals surface area (Å²) >= 11 is 0. The molecule has 5 nitrogen and oxygen atoms in total. The van der Waals surface area contributed by atoms with Gasteiger partial charge in [0, 0.05) is 12.6 Å². The SMILES string of the molecule is CC(C)(C)c1ccc(C(O)C(CC(=O)O)NCCO)cc1. The van der Waals surface area contributed by atoms with Crippen molar-refractivity contribution in [3.63, 3.8) is 0 Å². The fraction of sp³-hybridized carbons (Fsp3) is 0.562. The van der Waals surface area contributed by atoms with E-state index in [2.05, 4.69) is 26.1 Å². The van der Waals surface area contributed by atoms with Crippen LogP contribution < -0.4 is 5.32 Å². The number of carboxylic acids is 1. The van der Waals surface area contributed by atoms with Crippen molar-refractivity contribution in [1.29, 1.82) is 0 Å². The largest absolute Gasteiger partial charge is 0.481 e. The fourth-order valence-corrected chi connectivity index (χ4v) is 2.15. The maximum absolute atomic E-state index is 10.9. The summed E-state index contributed by atoms with van der Waals surface area (Å²) in [6.45, 7) is 6.46. The summed E-state index contributed by atoms with van der Waals surface area (Å²) in [5.74, 6) is -0.990. The molecule has 118 valence electrons. The minimum Gasteiger partial charge on any atom is -0.481 e. The Morgan fingerprint density at radius 2 is 1.81 bits per heavy atom. The highest BCUT2D eigenvalue weighted by Gasteiger charge is 2.23. The topological polar surface area (TPSA) is 89.8 Å². The second-order valence-electron chi connectivity index (χ2n) is 6.20. The summed E-state index contributed by atoms with van der Waals surface area (Å²) in [5.41, 5.74) is 1.84. The van der Waals surface area contributed by atoms with Gasteiger partial charge in [-0.25, -0.2) is 0 Å². The molecule has 0 aliphatic heterocycles. The molecule has 5 heteroatoms. The second-order valence-corrected chi connectivity index (χ2v) is 6.20. The van der Waals surface area contributed by atoms with Crippen LogP contribution >= 0.6 is 0 Å². The van der Waals surface area contributed by atoms with E-state index in [-0.39, 0.29) is 25.0 Å². The van der Waals surface area contributed by atoms with E-state index >= 15 is 0 Å². The Labute approximate surface area is 125 Å². The number of aliphatic carboxylic acids is 1. The number of hydrogen-bond donors (Lipinski definition) is 4. The molecule has 0 spiro atoms. The lowest BCUT2D eigenvalue weighted by Crippen LogP contribution is -2.38. The molecule has 4 N–H and O–H groups in total. The Kier molecular flexibility index (Phi) is 6.33. The molecule has 0 heterocycles. The van der Waals surface area contributed by atoms with Gasteiger partial charge in [-0.3, -0.25) is 4.79 Å². The van der Waals surface area contributed by atoms with Crippen LogP contribution in [0.4, 0.5) is 0 Å². The van der Waals surface area contributed by atoms with Gasteiger partial charge in [0.05, 0.1) is 19.1 Å². The minimum atomic E-state index is -0.990. The summed E-state index contributed by atoms with van der Waals surface area (Å²) in [5, 5.41) is 31.0. The molecule has 0 radical (unpaired) electrons. The van der Waals surface area contributed by atoms with Crippen molar-refractivity contribution in [2.45, 2.75) is 44.8 Å². The quantitative estimate of drug-likeness (QED) is 0.611. The highest BCUT2D eigenvalue weighted by atomic mass is 16.4. The van der Waals surface area contributed by atoms with Crippen LogP contribution in [0.1, 0.15) is 44.4 Å². The van der Waals surface area contributed by atoms with E-state index in [0.717, 1.165) is 5.56 Å². The average Bonchev–Trinajstić information content (AvgIpc) is 2.41. The molecule has 0 aliphatic carbocycles. The third-order valence-corrected chi connectivity index (χ3v) is 3.41. The molecule has 0 bridgehead atoms. The highest BCUT2D eigenvalue weighted by molar-refractivity contribution is 5.67. The number of aliphatic hydroxyl groups is 2. The van der Waals surface area contributed by atoms with Gasteiger partial charge in [-0.2, -0.15) is 0 Å². The van der Waals surface area contributed by atoms with Gasteiger partial charge in [-0.05, 0) is 16.5 Å². The third kappa shape index (κ3) is 5.46. The zero-order chi connectivity index (χ0) is 16.0. The number of benzene rings is 1. The van der Waals surface area contributed by atoms with Gasteiger partial charge in [0.1, 0.15) is 0 Å². The predicted molar refractivity (Wildman–Crippen MR) is 81.2 cm³/mol. The highest BCUT2D eigenvalue weighted by Crippen LogP contribution is 2.25. The van der Waals surface area contributed by atoms with Gasteiger partial charge in [-0.15, -0.1) is 0 Å². The van der Waals surface area contributed by atoms with Crippen molar-refractivity contribution in [3.8, 4) is 0 Å². The molecule has 2 atom stereocenters. The van der Waals surface area contributed by atoms with Crippen LogP contribution in [0.25, 0.3) is 0 Å². The zero-order valence-electron chi connectivity index (χ0n) is 12.8. The molecule has 0 saturated carbocycles. The van der Waals surface area contributed by atoms with E-state index in [1.807, 2.05) is 24.3 Å². The zero-order valence-corrected chi connectivity index (χ0v) is 12.8. The number of nitrogens with one attached hydrogen (secondary N) is 1. The Bertz CT molecular complexity index is 450. The molecular weight excluding hydrogens is 270 g/mol. The summed E-state index contributed by atoms with van der Waals surface area (Å²) in [7, 11) is 0. The van der Waals surface area contributed by atoms with Gasteiger partial charge in [0.2, 0.25) is 0 Å². The number of rotatable bonds is 7. The van der Waals surface area contributed by atoms with Gasteiger partial charge in [0.25, 0.3) is 0 Å². The van der Waals surface area contributed by atoms with Gasteiger partial charge < -0.3 is 20.6 Å². The summed E-state index contributed by atoms with van der Waals surface area (Å²) in [6.07, 6.45) is -1.14. The molecule has 2 unspecified atom stereocenters. The molecule has 0 saturated heterocycles. The van der Waals surface area contributed by atoms with Crippen LogP contribution in [0.3, 0.4) is 0 Å². The fourth-order valence-electron chi connectivity index (χ4n) is 2.15. The number of carbonyl (C=O) groups is 1. The van der Waals surface area contributed by atoms with E-state index in [1.54, 1.807) is 0 Å². The molecule has 0 aliphatic rings. The monoisotopic (exact) mass is 295 g/mol. The smallest absolute Gasteiger partial charge is 0.305 e. The third-order valence-electron chi connectivity index (χ3n) is 3.41. The number of aliphatic hydroxyl groups excluding tert-OH is 2. The van der Waals surface area contributed by atoms with E-state index in [1.165, 1.54) is 0 Å². The minimum absolute atomic E-state index is 0.0269. The van der Waals surface area contributed by atoms with E-state index in [0.29, 0.717) is 5.56 Å². The molecule has 1 aromatic carbocycles. The summed E-state index contributed by atoms with van der Waals surface area (Å²) in [6, 6.07) is 6.90. The van der Waals surface area contributed by atoms with Crippen LogP contribution in [-0.2, 0) is 10.2 Å². The number of carboxylic acid groups (broad SMARTS) is 1. The molecule has 0 amide bonds. The first-order valence-electron chi connectivity index (χ1n) is 7.10. The normalized spacial score (nSPS) is 14.7. The second kappa shape index (κ2) is 7.54. The van der Waals surface area contributed by atoms with E-state index < -0.39 is 18.1 Å². The molecule has 21 heavy (non-hydrogen) atoms. The predicted octanol–water partition coefficient (Wildman–Crippen LogP) is 1.44. The van der Waals surface area contributed by atoms with Crippen LogP contribution in [-0.4, -0.2) is 40.5 Å². The lowest BCUT2D eigenvalue weighted by molar-refractivity contribution is -0.138. The Hall–Kier alpha value is -1.43. The molecule has 0 fully saturated rings. The van der Waals surface area contributed by atoms with E-state index in [4.69, 9.17) is 10.2 Å².